The van der Waals surface area contributed by atoms with Gasteiger partial charge < -0.3 is 0 Å². The number of Topliss-reactive ketones (excluding diaryl/α,β-unsaturated/α-hetero) is 1. The minimum absolute atomic E-state index is 0.276. The van der Waals surface area contributed by atoms with E-state index in [9.17, 15) is 4.79 Å². The van der Waals surface area contributed by atoms with E-state index in [0.29, 0.717) is 11.7 Å². The molecule has 0 saturated heterocycles. The molecule has 0 bridgehead atoms. The zero-order valence-electron chi connectivity index (χ0n) is 8.05. The van der Waals surface area contributed by atoms with Crippen molar-refractivity contribution >= 4 is 5.78 Å². The first-order valence-electron chi connectivity index (χ1n) is 4.95. The molecule has 1 heteroatoms. The highest BCUT2D eigenvalue weighted by Gasteiger charge is 2.28. The van der Waals surface area contributed by atoms with E-state index in [1.54, 1.807) is 0 Å². The summed E-state index contributed by atoms with van der Waals surface area (Å²) in [5.74, 6) is 1.25. The number of carbonyl (C=O) groups excluding carboxylic acids is 1. The third kappa shape index (κ3) is 2.20. The number of allylic oxidation sites excluding steroid dienone is 2. The molecule has 1 aliphatic carbocycles. The largest absolute Gasteiger partial charge is 0.299 e. The van der Waals surface area contributed by atoms with Crippen molar-refractivity contribution in [3.05, 3.63) is 12.2 Å². The van der Waals surface area contributed by atoms with Crippen LogP contribution in [0.1, 0.15) is 39.5 Å². The second kappa shape index (κ2) is 4.44. The smallest absolute Gasteiger partial charge is 0.136 e. The van der Waals surface area contributed by atoms with Crippen LogP contribution < -0.4 is 0 Å². The molecule has 0 heterocycles. The SMILES string of the molecule is CCC/C=C/[C@H]1CCC(=O)[C@@H]1C. The van der Waals surface area contributed by atoms with Gasteiger partial charge in [0.15, 0.2) is 0 Å². The van der Waals surface area contributed by atoms with Gasteiger partial charge in [0, 0.05) is 12.3 Å². The molecule has 0 aromatic rings. The van der Waals surface area contributed by atoms with Crippen LogP contribution in [0.3, 0.4) is 0 Å². The first-order valence-corrected chi connectivity index (χ1v) is 4.95. The predicted octanol–water partition coefficient (Wildman–Crippen LogP) is 2.96. The summed E-state index contributed by atoms with van der Waals surface area (Å²) in [5.41, 5.74) is 0. The van der Waals surface area contributed by atoms with Crippen molar-refractivity contribution in [2.24, 2.45) is 11.8 Å². The van der Waals surface area contributed by atoms with E-state index in [1.165, 1.54) is 6.42 Å². The Labute approximate surface area is 74.9 Å². The van der Waals surface area contributed by atoms with E-state index < -0.39 is 0 Å². The molecule has 0 N–H and O–H groups in total. The van der Waals surface area contributed by atoms with Gasteiger partial charge >= 0.3 is 0 Å². The van der Waals surface area contributed by atoms with Gasteiger partial charge in [0.05, 0.1) is 0 Å². The Kier molecular flexibility index (Phi) is 3.51. The van der Waals surface area contributed by atoms with Gasteiger partial charge in [-0.3, -0.25) is 4.79 Å². The molecule has 68 valence electrons. The van der Waals surface area contributed by atoms with Crippen LogP contribution in [0.25, 0.3) is 0 Å². The lowest BCUT2D eigenvalue weighted by atomic mass is 9.97. The molecule has 1 aliphatic rings. The monoisotopic (exact) mass is 166 g/mol. The zero-order valence-corrected chi connectivity index (χ0v) is 8.05. The minimum atomic E-state index is 0.276. The van der Waals surface area contributed by atoms with Crippen molar-refractivity contribution in [3.8, 4) is 0 Å². The van der Waals surface area contributed by atoms with Gasteiger partial charge in [-0.1, -0.05) is 32.4 Å². The third-order valence-corrected chi connectivity index (χ3v) is 2.71. The highest BCUT2D eigenvalue weighted by Crippen LogP contribution is 2.29. The molecule has 1 fully saturated rings. The molecule has 1 rings (SSSR count). The van der Waals surface area contributed by atoms with Crippen molar-refractivity contribution in [1.82, 2.24) is 0 Å². The number of carbonyl (C=O) groups is 1. The third-order valence-electron chi connectivity index (χ3n) is 2.71. The molecule has 0 radical (unpaired) electrons. The number of hydrogen-bond donors (Lipinski definition) is 0. The molecule has 0 spiro atoms. The van der Waals surface area contributed by atoms with E-state index in [4.69, 9.17) is 0 Å². The van der Waals surface area contributed by atoms with Crippen LogP contribution in [0.15, 0.2) is 12.2 Å². The summed E-state index contributed by atoms with van der Waals surface area (Å²) >= 11 is 0. The Morgan fingerprint density at radius 1 is 1.58 bits per heavy atom. The predicted molar refractivity (Wildman–Crippen MR) is 50.9 cm³/mol. The van der Waals surface area contributed by atoms with Crippen molar-refractivity contribution in [1.29, 1.82) is 0 Å². The van der Waals surface area contributed by atoms with Crippen molar-refractivity contribution < 1.29 is 4.79 Å². The summed E-state index contributed by atoms with van der Waals surface area (Å²) < 4.78 is 0. The molecule has 0 aliphatic heterocycles. The van der Waals surface area contributed by atoms with Crippen LogP contribution in [-0.4, -0.2) is 5.78 Å². The summed E-state index contributed by atoms with van der Waals surface area (Å²) in [4.78, 5) is 11.2. The summed E-state index contributed by atoms with van der Waals surface area (Å²) in [6, 6.07) is 0. The summed E-state index contributed by atoms with van der Waals surface area (Å²) in [6.07, 6.45) is 8.67. The van der Waals surface area contributed by atoms with E-state index in [-0.39, 0.29) is 5.92 Å². The van der Waals surface area contributed by atoms with E-state index in [2.05, 4.69) is 26.0 Å². The highest BCUT2D eigenvalue weighted by atomic mass is 16.1. The normalized spacial score (nSPS) is 30.3. The molecule has 0 amide bonds. The Balaban J connectivity index is 2.38. The molecule has 2 atom stereocenters. The maximum Gasteiger partial charge on any atom is 0.136 e. The molecule has 0 aromatic carbocycles. The fourth-order valence-corrected chi connectivity index (χ4v) is 1.73. The number of hydrogen-bond acceptors (Lipinski definition) is 1. The first kappa shape index (κ1) is 9.50. The molecule has 12 heavy (non-hydrogen) atoms. The average Bonchev–Trinajstić information content (AvgIpc) is 2.36. The van der Waals surface area contributed by atoms with Gasteiger partial charge in [0.1, 0.15) is 5.78 Å². The van der Waals surface area contributed by atoms with Crippen LogP contribution in [0, 0.1) is 11.8 Å². The van der Waals surface area contributed by atoms with Crippen molar-refractivity contribution in [2.45, 2.75) is 39.5 Å². The standard InChI is InChI=1S/C11H18O/c1-3-4-5-6-10-7-8-11(12)9(10)2/h5-6,9-10H,3-4,7-8H2,1-2H3/b6-5+/t9-,10+/m1/s1. The van der Waals surface area contributed by atoms with Gasteiger partial charge in [0.25, 0.3) is 0 Å². The number of ketones is 1. The average molecular weight is 166 g/mol. The molecule has 0 aromatic heterocycles. The van der Waals surface area contributed by atoms with Crippen LogP contribution in [0.5, 0.6) is 0 Å². The second-order valence-corrected chi connectivity index (χ2v) is 3.67. The lowest BCUT2D eigenvalue weighted by molar-refractivity contribution is -0.120. The Morgan fingerprint density at radius 2 is 2.33 bits per heavy atom. The Morgan fingerprint density at radius 3 is 2.83 bits per heavy atom. The zero-order chi connectivity index (χ0) is 8.97. The van der Waals surface area contributed by atoms with Crippen molar-refractivity contribution in [3.63, 3.8) is 0 Å². The maximum atomic E-state index is 11.2. The van der Waals surface area contributed by atoms with Gasteiger partial charge in [-0.05, 0) is 18.8 Å². The van der Waals surface area contributed by atoms with Gasteiger partial charge in [-0.15, -0.1) is 0 Å². The summed E-state index contributed by atoms with van der Waals surface area (Å²) in [5, 5.41) is 0. The van der Waals surface area contributed by atoms with Crippen LogP contribution in [-0.2, 0) is 4.79 Å². The van der Waals surface area contributed by atoms with E-state index in [1.807, 2.05) is 0 Å². The Bertz CT molecular complexity index is 181. The number of rotatable bonds is 3. The maximum absolute atomic E-state index is 11.2. The summed E-state index contributed by atoms with van der Waals surface area (Å²) in [7, 11) is 0. The molecule has 1 saturated carbocycles. The van der Waals surface area contributed by atoms with Crippen molar-refractivity contribution in [2.75, 3.05) is 0 Å². The fourth-order valence-electron chi connectivity index (χ4n) is 1.73. The quantitative estimate of drug-likeness (QED) is 0.589. The molecule has 1 nitrogen and oxygen atoms in total. The Hall–Kier alpha value is -0.590. The lowest BCUT2D eigenvalue weighted by Gasteiger charge is -2.07. The second-order valence-electron chi connectivity index (χ2n) is 3.67. The van der Waals surface area contributed by atoms with Crippen LogP contribution >= 0.6 is 0 Å². The topological polar surface area (TPSA) is 17.1 Å². The van der Waals surface area contributed by atoms with Crippen LogP contribution in [0.4, 0.5) is 0 Å². The van der Waals surface area contributed by atoms with E-state index in [0.717, 1.165) is 19.3 Å². The molecule has 0 unspecified atom stereocenters. The van der Waals surface area contributed by atoms with Gasteiger partial charge in [-0.2, -0.15) is 0 Å². The molecular weight excluding hydrogens is 148 g/mol. The van der Waals surface area contributed by atoms with Gasteiger partial charge in [-0.25, -0.2) is 0 Å². The highest BCUT2D eigenvalue weighted by molar-refractivity contribution is 5.83. The lowest BCUT2D eigenvalue weighted by Crippen LogP contribution is -2.07. The molecular formula is C11H18O. The first-order chi connectivity index (χ1) is 5.75. The number of unbranched alkanes of at least 4 members (excludes halogenated alkanes) is 1. The minimum Gasteiger partial charge on any atom is -0.299 e. The summed E-state index contributed by atoms with van der Waals surface area (Å²) in [6.45, 7) is 4.23. The van der Waals surface area contributed by atoms with Gasteiger partial charge in [0.2, 0.25) is 0 Å². The van der Waals surface area contributed by atoms with E-state index >= 15 is 0 Å². The van der Waals surface area contributed by atoms with Crippen LogP contribution in [0.2, 0.25) is 0 Å². The fraction of sp³-hybridized carbons (Fsp3) is 0.727.